The zero-order valence-corrected chi connectivity index (χ0v) is 19.1. The Labute approximate surface area is 213 Å². The van der Waals surface area contributed by atoms with Crippen LogP contribution in [0.5, 0.6) is 0 Å². The molecule has 0 atom stereocenters. The summed E-state index contributed by atoms with van der Waals surface area (Å²) in [6.07, 6.45) is -10.3. The van der Waals surface area contributed by atoms with Crippen molar-refractivity contribution in [2.75, 3.05) is 0 Å². The lowest BCUT2D eigenvalue weighted by molar-refractivity contribution is -0.142. The maximum Gasteiger partial charge on any atom is 0.418 e. The molecule has 0 saturated heterocycles. The van der Waals surface area contributed by atoms with Crippen LogP contribution in [0, 0.1) is 22.7 Å². The Morgan fingerprint density at radius 3 is 1.88 bits per heavy atom. The first kappa shape index (κ1) is 23.5. The predicted octanol–water partition coefficient (Wildman–Crippen LogP) is 4.19. The Hall–Kier alpha value is -5.64. The van der Waals surface area contributed by atoms with Gasteiger partial charge in [-0.3, -0.25) is 14.0 Å². The first-order valence-corrected chi connectivity index (χ1v) is 11.0. The molecule has 7 rings (SSSR count). The number of halogens is 6. The number of nitrogens with zero attached hydrogens (tertiary/aromatic N) is 6. The van der Waals surface area contributed by atoms with Gasteiger partial charge in [0.15, 0.2) is 28.3 Å². The van der Waals surface area contributed by atoms with E-state index in [4.69, 9.17) is 0 Å². The van der Waals surface area contributed by atoms with Gasteiger partial charge in [-0.05, 0) is 24.3 Å². The molecule has 0 aliphatic rings. The second kappa shape index (κ2) is 7.06. The van der Waals surface area contributed by atoms with Crippen LogP contribution in [-0.2, 0) is 12.4 Å². The fraction of sp³-hybridized carbons (Fsp3) is 0.0833. The van der Waals surface area contributed by atoms with Crippen molar-refractivity contribution in [3.05, 3.63) is 67.5 Å². The molecule has 0 fully saturated rings. The van der Waals surface area contributed by atoms with E-state index in [9.17, 15) is 46.5 Å². The normalized spacial score (nSPS) is 12.9. The van der Waals surface area contributed by atoms with Crippen molar-refractivity contribution in [3.8, 4) is 12.1 Å². The Bertz CT molecular complexity index is 2480. The maximum atomic E-state index is 13.7. The van der Waals surface area contributed by atoms with Gasteiger partial charge >= 0.3 is 12.4 Å². The molecule has 0 amide bonds. The van der Waals surface area contributed by atoms with E-state index in [1.165, 1.54) is 12.1 Å². The number of aromatic nitrogens is 6. The van der Waals surface area contributed by atoms with E-state index in [-0.39, 0.29) is 61.6 Å². The quantitative estimate of drug-likeness (QED) is 0.270. The fourth-order valence-corrected chi connectivity index (χ4v) is 5.04. The zero-order chi connectivity index (χ0) is 28.5. The summed E-state index contributed by atoms with van der Waals surface area (Å²) in [7, 11) is 0. The first-order chi connectivity index (χ1) is 18.8. The van der Waals surface area contributed by atoms with Crippen LogP contribution in [0.4, 0.5) is 26.3 Å². The largest absolute Gasteiger partial charge is 0.418 e. The number of benzene rings is 2. The van der Waals surface area contributed by atoms with E-state index in [0.29, 0.717) is 10.5 Å². The van der Waals surface area contributed by atoms with Crippen molar-refractivity contribution in [1.29, 1.82) is 10.5 Å². The lowest BCUT2D eigenvalue weighted by Crippen LogP contribution is -2.12. The van der Waals surface area contributed by atoms with Crippen LogP contribution in [0.1, 0.15) is 22.5 Å². The van der Waals surface area contributed by atoms with Gasteiger partial charge in [-0.25, -0.2) is 14.4 Å². The topological polar surface area (TPSA) is 148 Å². The molecule has 2 aromatic carbocycles. The number of nitrogens with one attached hydrogen (secondary N) is 2. The van der Waals surface area contributed by atoms with Crippen LogP contribution in [0.15, 0.2) is 33.9 Å². The standard InChI is InChI=1S/C24H6F6N8O2/c25-23(26,27)7-1-12(24(28,29)30)16-15(2-7)37-18(35-16)8-3-11-9(4-10(8)21(37)39)19-36-17-20(38(19)22(11)40)34-14(6-32)13(5-31)33-17/h1-4,33-34H. The summed E-state index contributed by atoms with van der Waals surface area (Å²) in [5, 5.41) is 18.5. The molecule has 0 spiro atoms. The van der Waals surface area contributed by atoms with Crippen molar-refractivity contribution in [2.24, 2.45) is 0 Å². The number of rotatable bonds is 0. The second-order valence-corrected chi connectivity index (χ2v) is 8.90. The summed E-state index contributed by atoms with van der Waals surface area (Å²) in [5.41, 5.74) is -6.96. The number of hydrogen-bond acceptors (Lipinski definition) is 6. The number of hydrogen-bond donors (Lipinski definition) is 2. The predicted molar refractivity (Wildman–Crippen MR) is 126 cm³/mol. The van der Waals surface area contributed by atoms with Gasteiger partial charge in [0.05, 0.1) is 27.4 Å². The molecular formula is C24H6F6N8O2. The molecule has 0 aliphatic carbocycles. The van der Waals surface area contributed by atoms with E-state index in [2.05, 4.69) is 19.9 Å². The van der Waals surface area contributed by atoms with Crippen LogP contribution in [-0.4, -0.2) is 28.7 Å². The summed E-state index contributed by atoms with van der Waals surface area (Å²) >= 11 is 0. The summed E-state index contributed by atoms with van der Waals surface area (Å²) in [4.78, 5) is 40.3. The fourth-order valence-electron chi connectivity index (χ4n) is 5.04. The molecule has 5 aromatic heterocycles. The Morgan fingerprint density at radius 2 is 1.30 bits per heavy atom. The van der Waals surface area contributed by atoms with Crippen LogP contribution >= 0.6 is 0 Å². The highest BCUT2D eigenvalue weighted by atomic mass is 19.4. The SMILES string of the molecule is N#Cc1[nH]c2nc3c4cc5c(=O)n6c7cc(C(F)(F)F)cc(C(F)(F)F)c7nc6c5cc4c(=O)n3c2[nH]c1C#N. The van der Waals surface area contributed by atoms with Crippen molar-refractivity contribution < 1.29 is 26.3 Å². The van der Waals surface area contributed by atoms with Crippen molar-refractivity contribution in [2.45, 2.75) is 12.4 Å². The van der Waals surface area contributed by atoms with Crippen LogP contribution in [0.2, 0.25) is 0 Å². The van der Waals surface area contributed by atoms with Gasteiger partial charge in [0.25, 0.3) is 11.1 Å². The summed E-state index contributed by atoms with van der Waals surface area (Å²) < 4.78 is 83.3. The zero-order valence-electron chi connectivity index (χ0n) is 19.1. The number of nitriles is 2. The third-order valence-corrected chi connectivity index (χ3v) is 6.74. The minimum atomic E-state index is -5.20. The average Bonchev–Trinajstić information content (AvgIpc) is 3.60. The van der Waals surface area contributed by atoms with Crippen molar-refractivity contribution in [3.63, 3.8) is 0 Å². The average molecular weight is 552 g/mol. The number of H-pyrrole nitrogens is 2. The lowest BCUT2D eigenvalue weighted by Gasteiger charge is -2.12. The van der Waals surface area contributed by atoms with E-state index in [0.717, 1.165) is 4.40 Å². The van der Waals surface area contributed by atoms with E-state index >= 15 is 0 Å². The molecule has 196 valence electrons. The van der Waals surface area contributed by atoms with Crippen molar-refractivity contribution in [1.82, 2.24) is 28.7 Å². The molecule has 2 N–H and O–H groups in total. The summed E-state index contributed by atoms with van der Waals surface area (Å²) in [6, 6.07) is 6.40. The minimum Gasteiger partial charge on any atom is -0.327 e. The number of imidazole rings is 2. The third kappa shape index (κ3) is 2.81. The van der Waals surface area contributed by atoms with E-state index < -0.39 is 45.6 Å². The maximum absolute atomic E-state index is 13.7. The molecular weight excluding hydrogens is 546 g/mol. The highest BCUT2D eigenvalue weighted by molar-refractivity contribution is 6.11. The monoisotopic (exact) mass is 552 g/mol. The van der Waals surface area contributed by atoms with Gasteiger partial charge in [-0.15, -0.1) is 0 Å². The van der Waals surface area contributed by atoms with Gasteiger partial charge in [0, 0.05) is 10.8 Å². The molecule has 5 heterocycles. The lowest BCUT2D eigenvalue weighted by atomic mass is 10.1. The Kier molecular flexibility index (Phi) is 4.14. The molecule has 7 aromatic rings. The van der Waals surface area contributed by atoms with Crippen molar-refractivity contribution >= 4 is 55.2 Å². The number of aromatic amines is 2. The van der Waals surface area contributed by atoms with Gasteiger partial charge in [-0.2, -0.15) is 36.9 Å². The number of fused-ring (bicyclic) bond motifs is 10. The van der Waals surface area contributed by atoms with Gasteiger partial charge in [0.2, 0.25) is 0 Å². The Morgan fingerprint density at radius 1 is 0.725 bits per heavy atom. The summed E-state index contributed by atoms with van der Waals surface area (Å²) in [6.45, 7) is 0. The van der Waals surface area contributed by atoms with Gasteiger partial charge < -0.3 is 9.97 Å². The highest BCUT2D eigenvalue weighted by Crippen LogP contribution is 2.40. The molecule has 10 nitrogen and oxygen atoms in total. The molecule has 0 aliphatic heterocycles. The second-order valence-electron chi connectivity index (χ2n) is 8.90. The summed E-state index contributed by atoms with van der Waals surface area (Å²) in [5.74, 6) is 0. The minimum absolute atomic E-state index is 0.0141. The number of alkyl halides is 6. The van der Waals surface area contributed by atoms with E-state index in [1.807, 2.05) is 0 Å². The van der Waals surface area contributed by atoms with E-state index in [1.54, 1.807) is 12.1 Å². The highest BCUT2D eigenvalue weighted by Gasteiger charge is 2.40. The molecule has 0 unspecified atom stereocenters. The van der Waals surface area contributed by atoms with Crippen LogP contribution in [0.3, 0.4) is 0 Å². The van der Waals surface area contributed by atoms with Gasteiger partial charge in [0.1, 0.15) is 23.3 Å². The third-order valence-electron chi connectivity index (χ3n) is 6.74. The molecule has 40 heavy (non-hydrogen) atoms. The van der Waals surface area contributed by atoms with Crippen LogP contribution in [0.25, 0.3) is 55.2 Å². The first-order valence-electron chi connectivity index (χ1n) is 11.0. The molecule has 16 heteroatoms. The Balaban J connectivity index is 1.63. The molecule has 0 bridgehead atoms. The molecule has 0 radical (unpaired) electrons. The smallest absolute Gasteiger partial charge is 0.327 e. The van der Waals surface area contributed by atoms with Gasteiger partial charge in [-0.1, -0.05) is 0 Å². The van der Waals surface area contributed by atoms with Crippen LogP contribution < -0.4 is 11.1 Å². The molecule has 0 saturated carbocycles.